The summed E-state index contributed by atoms with van der Waals surface area (Å²) < 4.78 is 16.2. The molecule has 0 bridgehead atoms. The van der Waals surface area contributed by atoms with Crippen LogP contribution in [-0.2, 0) is 19.6 Å². The number of Topliss-reactive ketones (excluding diaryl/α,β-unsaturated/α-hetero) is 1. The monoisotopic (exact) mass is 432 g/mol. The van der Waals surface area contributed by atoms with Gasteiger partial charge in [-0.2, -0.15) is 5.10 Å². The van der Waals surface area contributed by atoms with Crippen molar-refractivity contribution in [3.8, 4) is 0 Å². The van der Waals surface area contributed by atoms with Crippen molar-refractivity contribution in [3.63, 3.8) is 0 Å². The Bertz CT molecular complexity index is 1200. The normalized spacial score (nSPS) is 20.0. The van der Waals surface area contributed by atoms with Crippen molar-refractivity contribution in [2.45, 2.75) is 38.5 Å². The van der Waals surface area contributed by atoms with E-state index in [0.29, 0.717) is 18.7 Å². The summed E-state index contributed by atoms with van der Waals surface area (Å²) in [5.41, 5.74) is 4.92. The average Bonchev–Trinajstić information content (AvgIpc) is 3.20. The molecule has 0 saturated carbocycles. The lowest BCUT2D eigenvalue weighted by Crippen LogP contribution is -2.33. The summed E-state index contributed by atoms with van der Waals surface area (Å²) >= 11 is 0. The summed E-state index contributed by atoms with van der Waals surface area (Å²) in [6.07, 6.45) is 1.55. The first kappa shape index (κ1) is 20.7. The third-order valence-electron chi connectivity index (χ3n) is 6.22. The second-order valence-electron chi connectivity index (χ2n) is 8.15. The molecule has 0 amide bonds. The number of hydrogen-bond donors (Lipinski definition) is 2. The maximum absolute atomic E-state index is 14.4. The van der Waals surface area contributed by atoms with Gasteiger partial charge in [0, 0.05) is 36.8 Å². The van der Waals surface area contributed by atoms with E-state index in [-0.39, 0.29) is 24.3 Å². The van der Waals surface area contributed by atoms with Gasteiger partial charge in [0.05, 0.1) is 11.6 Å². The van der Waals surface area contributed by atoms with Crippen molar-refractivity contribution in [2.75, 3.05) is 13.6 Å². The van der Waals surface area contributed by atoms with Crippen LogP contribution in [0.15, 0.2) is 47.7 Å². The predicted molar refractivity (Wildman–Crippen MR) is 119 cm³/mol. The number of carbonyl (C=O) groups excluding carboxylic acids is 1. The molecule has 5 rings (SSSR count). The first-order valence-electron chi connectivity index (χ1n) is 10.9. The topological polar surface area (TPSA) is 84.2 Å². The number of ketones is 1. The molecule has 2 atom stereocenters. The Labute approximate surface area is 185 Å². The smallest absolute Gasteiger partial charge is 0.184 e. The fraction of sp³-hybridized carbons (Fsp3) is 0.333. The highest BCUT2D eigenvalue weighted by Crippen LogP contribution is 2.39. The lowest BCUT2D eigenvalue weighted by atomic mass is 9.81. The average molecular weight is 433 g/mol. The largest absolute Gasteiger partial charge is 0.316 e. The maximum Gasteiger partial charge on any atom is 0.184 e. The molecule has 2 aliphatic heterocycles. The van der Waals surface area contributed by atoms with Crippen molar-refractivity contribution in [2.24, 2.45) is 4.99 Å². The molecule has 8 heteroatoms. The fourth-order valence-electron chi connectivity index (χ4n) is 4.78. The molecule has 0 saturated heterocycles. The number of benzene rings is 2. The molecule has 3 heterocycles. The quantitative estimate of drug-likeness (QED) is 0.648. The molecule has 0 radical (unpaired) electrons. The van der Waals surface area contributed by atoms with Crippen molar-refractivity contribution in [3.05, 3.63) is 82.2 Å². The van der Waals surface area contributed by atoms with Crippen LogP contribution < -0.4 is 10.6 Å². The maximum atomic E-state index is 14.4. The Kier molecular flexibility index (Phi) is 5.40. The van der Waals surface area contributed by atoms with E-state index in [1.807, 2.05) is 18.7 Å². The van der Waals surface area contributed by atoms with Gasteiger partial charge in [-0.3, -0.25) is 9.79 Å². The van der Waals surface area contributed by atoms with Crippen LogP contribution in [0.5, 0.6) is 0 Å². The lowest BCUT2D eigenvalue weighted by Gasteiger charge is -2.29. The lowest BCUT2D eigenvalue weighted by molar-refractivity contribution is 0.0999. The summed E-state index contributed by atoms with van der Waals surface area (Å²) in [5.74, 6) is -0.0555. The summed E-state index contributed by atoms with van der Waals surface area (Å²) in [4.78, 5) is 21.9. The first-order valence-corrected chi connectivity index (χ1v) is 10.9. The van der Waals surface area contributed by atoms with Crippen molar-refractivity contribution < 1.29 is 9.18 Å². The Morgan fingerprint density at radius 1 is 1.25 bits per heavy atom. The van der Waals surface area contributed by atoms with E-state index in [2.05, 4.69) is 45.0 Å². The summed E-state index contributed by atoms with van der Waals surface area (Å²) in [5, 5.41) is 11.2. The standard InChI is InChI=1S/C24H25FN6O/c1-3-31-24(29-13-30-31)21-22(15-6-4-14(5-7-15)10-26-2)27-11-16-8-17(25)9-18-19(32)12-28-23(21)20(16)18/h4-9,13,21-22,26-27H,3,10-12H2,1-2H3. The molecule has 0 spiro atoms. The van der Waals surface area contributed by atoms with Gasteiger partial charge in [-0.05, 0) is 42.8 Å². The summed E-state index contributed by atoms with van der Waals surface area (Å²) in [6, 6.07) is 11.1. The Balaban J connectivity index is 1.69. The minimum atomic E-state index is -0.404. The van der Waals surface area contributed by atoms with E-state index < -0.39 is 5.82 Å². The highest BCUT2D eigenvalue weighted by molar-refractivity contribution is 6.18. The fourth-order valence-corrected chi connectivity index (χ4v) is 4.78. The third kappa shape index (κ3) is 3.45. The van der Waals surface area contributed by atoms with Crippen LogP contribution in [0.4, 0.5) is 4.39 Å². The number of halogens is 1. The number of aliphatic imine (C=N–C) groups is 1. The van der Waals surface area contributed by atoms with Gasteiger partial charge in [0.2, 0.25) is 0 Å². The van der Waals surface area contributed by atoms with Gasteiger partial charge in [0.15, 0.2) is 5.78 Å². The molecule has 7 nitrogen and oxygen atoms in total. The zero-order chi connectivity index (χ0) is 22.2. The van der Waals surface area contributed by atoms with Crippen molar-refractivity contribution in [1.82, 2.24) is 25.4 Å². The number of aryl methyl sites for hydroxylation is 1. The Morgan fingerprint density at radius 3 is 2.81 bits per heavy atom. The van der Waals surface area contributed by atoms with Crippen LogP contribution in [-0.4, -0.2) is 39.9 Å². The minimum absolute atomic E-state index is 0.00974. The Hall–Kier alpha value is -3.23. The van der Waals surface area contributed by atoms with E-state index in [4.69, 9.17) is 4.99 Å². The van der Waals surface area contributed by atoms with E-state index in [0.717, 1.165) is 34.8 Å². The minimum Gasteiger partial charge on any atom is -0.316 e. The number of nitrogens with one attached hydrogen (secondary N) is 2. The van der Waals surface area contributed by atoms with E-state index in [1.54, 1.807) is 6.33 Å². The zero-order valence-corrected chi connectivity index (χ0v) is 18.1. The highest BCUT2D eigenvalue weighted by Gasteiger charge is 2.40. The number of carbonyl (C=O) groups is 1. The summed E-state index contributed by atoms with van der Waals surface area (Å²) in [7, 11) is 1.92. The molecule has 0 fully saturated rings. The SMILES string of the molecule is CCn1ncnc1C1C2=NCC(=O)c3cc(F)cc(c32)CNC1c1ccc(CNC)cc1. The van der Waals surface area contributed by atoms with Gasteiger partial charge in [0.1, 0.15) is 24.5 Å². The second kappa shape index (κ2) is 8.37. The zero-order valence-electron chi connectivity index (χ0n) is 18.1. The van der Waals surface area contributed by atoms with Crippen LogP contribution in [0.2, 0.25) is 0 Å². The third-order valence-corrected chi connectivity index (χ3v) is 6.22. The van der Waals surface area contributed by atoms with Crippen LogP contribution >= 0.6 is 0 Å². The molecule has 3 aromatic rings. The number of aromatic nitrogens is 3. The first-order chi connectivity index (χ1) is 15.6. The molecule has 2 N–H and O–H groups in total. The van der Waals surface area contributed by atoms with Crippen molar-refractivity contribution >= 4 is 11.5 Å². The number of rotatable bonds is 5. The molecule has 2 unspecified atom stereocenters. The van der Waals surface area contributed by atoms with Crippen LogP contribution in [0.25, 0.3) is 0 Å². The molecule has 0 aliphatic carbocycles. The second-order valence-corrected chi connectivity index (χ2v) is 8.15. The number of nitrogens with zero attached hydrogens (tertiary/aromatic N) is 4. The summed E-state index contributed by atoms with van der Waals surface area (Å²) in [6.45, 7) is 3.90. The van der Waals surface area contributed by atoms with Crippen LogP contribution in [0.1, 0.15) is 57.3 Å². The van der Waals surface area contributed by atoms with Gasteiger partial charge >= 0.3 is 0 Å². The predicted octanol–water partition coefficient (Wildman–Crippen LogP) is 2.77. The van der Waals surface area contributed by atoms with E-state index in [9.17, 15) is 9.18 Å². The van der Waals surface area contributed by atoms with Gasteiger partial charge in [0.25, 0.3) is 0 Å². The molecule has 2 aromatic carbocycles. The molecule has 32 heavy (non-hydrogen) atoms. The van der Waals surface area contributed by atoms with Crippen LogP contribution in [0, 0.1) is 5.82 Å². The molecular weight excluding hydrogens is 407 g/mol. The van der Waals surface area contributed by atoms with Gasteiger partial charge < -0.3 is 10.6 Å². The highest BCUT2D eigenvalue weighted by atomic mass is 19.1. The van der Waals surface area contributed by atoms with E-state index >= 15 is 0 Å². The van der Waals surface area contributed by atoms with Gasteiger partial charge in [-0.25, -0.2) is 14.1 Å². The molecular formula is C24H25FN6O. The van der Waals surface area contributed by atoms with Crippen LogP contribution in [0.3, 0.4) is 0 Å². The molecule has 1 aromatic heterocycles. The Morgan fingerprint density at radius 2 is 2.06 bits per heavy atom. The number of hydrogen-bond acceptors (Lipinski definition) is 6. The molecule has 2 aliphatic rings. The van der Waals surface area contributed by atoms with E-state index in [1.165, 1.54) is 17.7 Å². The van der Waals surface area contributed by atoms with Gasteiger partial charge in [-0.1, -0.05) is 24.3 Å². The van der Waals surface area contributed by atoms with Crippen molar-refractivity contribution in [1.29, 1.82) is 0 Å². The van der Waals surface area contributed by atoms with Gasteiger partial charge in [-0.15, -0.1) is 0 Å². The molecule has 164 valence electrons.